The summed E-state index contributed by atoms with van der Waals surface area (Å²) in [6, 6.07) is 44.7. The van der Waals surface area contributed by atoms with E-state index >= 15 is 0 Å². The predicted octanol–water partition coefficient (Wildman–Crippen LogP) is 10.6. The van der Waals surface area contributed by atoms with E-state index in [1.807, 2.05) is 105 Å². The molecule has 0 fully saturated rings. The molecule has 4 aromatic carbocycles. The van der Waals surface area contributed by atoms with Crippen molar-refractivity contribution in [3.63, 3.8) is 0 Å². The molecule has 3 heteroatoms. The van der Waals surface area contributed by atoms with Gasteiger partial charge >= 0.3 is 0 Å². The normalized spacial score (nSPS) is 9.32. The van der Waals surface area contributed by atoms with Gasteiger partial charge in [-0.05, 0) is 84.6 Å². The fraction of sp³-hybridized carbons (Fsp3) is 0.0732. The second kappa shape index (κ2) is 17.7. The van der Waals surface area contributed by atoms with Crippen LogP contribution in [0.15, 0.2) is 150 Å². The third-order valence-electron chi connectivity index (χ3n) is 6.21. The highest BCUT2D eigenvalue weighted by molar-refractivity contribution is 9.10. The number of hydrogen-bond donors (Lipinski definition) is 0. The number of terminal acetylenes is 1. The van der Waals surface area contributed by atoms with Crippen molar-refractivity contribution < 1.29 is 0 Å². The molecule has 2 nitrogen and oxygen atoms in total. The number of aromatic nitrogens is 2. The lowest BCUT2D eigenvalue weighted by Crippen LogP contribution is -1.82. The number of pyridine rings is 2. The third kappa shape index (κ3) is 10.9. The van der Waals surface area contributed by atoms with E-state index in [1.165, 1.54) is 22.3 Å². The molecule has 0 spiro atoms. The Morgan fingerprint density at radius 1 is 0.500 bits per heavy atom. The summed E-state index contributed by atoms with van der Waals surface area (Å²) in [5.74, 6) is 9.05. The van der Waals surface area contributed by atoms with Crippen LogP contribution in [-0.2, 0) is 0 Å². The molecule has 216 valence electrons. The molecule has 44 heavy (non-hydrogen) atoms. The Morgan fingerprint density at radius 3 is 1.43 bits per heavy atom. The maximum Gasteiger partial charge on any atom is 0.0385 e. The molecule has 6 rings (SSSR count). The molecule has 0 unspecified atom stereocenters. The van der Waals surface area contributed by atoms with Gasteiger partial charge in [0.1, 0.15) is 0 Å². The van der Waals surface area contributed by atoms with Gasteiger partial charge in [0.25, 0.3) is 0 Å². The molecule has 2 aromatic heterocycles. The van der Waals surface area contributed by atoms with Gasteiger partial charge in [0.15, 0.2) is 0 Å². The van der Waals surface area contributed by atoms with Crippen LogP contribution in [0.4, 0.5) is 0 Å². The van der Waals surface area contributed by atoms with Gasteiger partial charge in [-0.15, -0.1) is 6.42 Å². The summed E-state index contributed by atoms with van der Waals surface area (Å²) in [7, 11) is 0. The predicted molar refractivity (Wildman–Crippen MR) is 190 cm³/mol. The highest BCUT2D eigenvalue weighted by Gasteiger charge is 1.98. The maximum absolute atomic E-state index is 5.35. The topological polar surface area (TPSA) is 25.8 Å². The fourth-order valence-electron chi connectivity index (χ4n) is 4.10. The number of aryl methyl sites for hydroxylation is 2. The van der Waals surface area contributed by atoms with Crippen LogP contribution in [0.3, 0.4) is 0 Å². The first-order valence-electron chi connectivity index (χ1n) is 13.8. The van der Waals surface area contributed by atoms with Crippen LogP contribution in [0.1, 0.15) is 35.5 Å². The van der Waals surface area contributed by atoms with E-state index in [0.29, 0.717) is 0 Å². The molecule has 0 saturated heterocycles. The molecule has 0 saturated carbocycles. The minimum absolute atomic E-state index is 0. The lowest BCUT2D eigenvalue weighted by atomic mass is 10.0. The number of nitrogens with zero attached hydrogens (tertiary/aromatic N) is 2. The Kier molecular flexibility index (Phi) is 13.4. The molecule has 0 bridgehead atoms. The lowest BCUT2D eigenvalue weighted by Gasteiger charge is -2.01. The lowest BCUT2D eigenvalue weighted by molar-refractivity contribution is 1.19. The molecule has 0 aliphatic carbocycles. The molecule has 0 atom stereocenters. The van der Waals surface area contributed by atoms with Crippen molar-refractivity contribution in [2.75, 3.05) is 0 Å². The largest absolute Gasteiger partial charge is 0.262 e. The first-order chi connectivity index (χ1) is 21.0. The Labute approximate surface area is 271 Å². The van der Waals surface area contributed by atoms with Gasteiger partial charge < -0.3 is 0 Å². The van der Waals surface area contributed by atoms with Crippen LogP contribution in [0.5, 0.6) is 0 Å². The number of rotatable bonds is 2. The van der Waals surface area contributed by atoms with E-state index in [9.17, 15) is 0 Å². The summed E-state index contributed by atoms with van der Waals surface area (Å²) < 4.78 is 1.09. The number of benzene rings is 4. The Balaban J connectivity index is 0.000000198. The van der Waals surface area contributed by atoms with Crippen molar-refractivity contribution in [1.29, 1.82) is 0 Å². The molecular formula is C41H35BrN2. The first-order valence-corrected chi connectivity index (χ1v) is 14.6. The smallest absolute Gasteiger partial charge is 0.0385 e. The Morgan fingerprint density at radius 2 is 0.955 bits per heavy atom. The summed E-state index contributed by atoms with van der Waals surface area (Å²) in [5, 5.41) is 0. The molecule has 2 heterocycles. The average Bonchev–Trinajstić information content (AvgIpc) is 3.05. The Bertz CT molecular complexity index is 1840. The van der Waals surface area contributed by atoms with E-state index in [1.54, 1.807) is 12.4 Å². The standard InChI is InChI=1S/C20H15N.C14H10.C6H6BrN.CH4/c1-16-14-18(12-13-21-16)11-10-17-6-5-9-20(15-17)19-7-3-2-4-8-19;1-2-12-7-6-10-14(11-12)13-8-4-3-5-9-13;1-5-4-6(7)2-3-8-5;/h2-9,12-15H,1H3;1,3-11H;2-4H,1H3;1H4. The fourth-order valence-corrected chi connectivity index (χ4v) is 4.55. The van der Waals surface area contributed by atoms with Crippen LogP contribution in [0.2, 0.25) is 0 Å². The van der Waals surface area contributed by atoms with Crippen LogP contribution in [0, 0.1) is 38.0 Å². The highest BCUT2D eigenvalue weighted by Crippen LogP contribution is 2.20. The van der Waals surface area contributed by atoms with Crippen molar-refractivity contribution in [3.05, 3.63) is 178 Å². The zero-order valence-corrected chi connectivity index (χ0v) is 25.8. The van der Waals surface area contributed by atoms with Gasteiger partial charge in [0, 0.05) is 44.9 Å². The summed E-state index contributed by atoms with van der Waals surface area (Å²) in [6.07, 6.45) is 8.92. The van der Waals surface area contributed by atoms with E-state index in [4.69, 9.17) is 6.42 Å². The van der Waals surface area contributed by atoms with E-state index < -0.39 is 0 Å². The Hall–Kier alpha value is -5.22. The zero-order valence-electron chi connectivity index (χ0n) is 24.2. The average molecular weight is 636 g/mol. The molecule has 0 N–H and O–H groups in total. The molecule has 0 aliphatic heterocycles. The van der Waals surface area contributed by atoms with Crippen molar-refractivity contribution in [1.82, 2.24) is 9.97 Å². The van der Waals surface area contributed by atoms with Crippen LogP contribution in [-0.4, -0.2) is 9.97 Å². The van der Waals surface area contributed by atoms with Gasteiger partial charge in [-0.25, -0.2) is 0 Å². The summed E-state index contributed by atoms with van der Waals surface area (Å²) in [4.78, 5) is 8.19. The minimum atomic E-state index is 0. The van der Waals surface area contributed by atoms with Crippen molar-refractivity contribution in [2.45, 2.75) is 21.3 Å². The summed E-state index contributed by atoms with van der Waals surface area (Å²) in [5.41, 5.74) is 9.73. The van der Waals surface area contributed by atoms with Crippen LogP contribution >= 0.6 is 15.9 Å². The zero-order chi connectivity index (χ0) is 30.3. The number of hydrogen-bond acceptors (Lipinski definition) is 2. The molecular weight excluding hydrogens is 600 g/mol. The van der Waals surface area contributed by atoms with E-state index in [0.717, 1.165) is 32.6 Å². The quantitative estimate of drug-likeness (QED) is 0.177. The van der Waals surface area contributed by atoms with Gasteiger partial charge in [0.05, 0.1) is 0 Å². The van der Waals surface area contributed by atoms with Gasteiger partial charge in [-0.3, -0.25) is 9.97 Å². The minimum Gasteiger partial charge on any atom is -0.262 e. The second-order valence-electron chi connectivity index (χ2n) is 9.59. The van der Waals surface area contributed by atoms with Crippen molar-refractivity contribution in [3.8, 4) is 46.4 Å². The van der Waals surface area contributed by atoms with Crippen LogP contribution < -0.4 is 0 Å². The summed E-state index contributed by atoms with van der Waals surface area (Å²) in [6.45, 7) is 3.94. The maximum atomic E-state index is 5.35. The highest BCUT2D eigenvalue weighted by atomic mass is 79.9. The van der Waals surface area contributed by atoms with Crippen molar-refractivity contribution in [2.24, 2.45) is 0 Å². The van der Waals surface area contributed by atoms with E-state index in [2.05, 4.69) is 86.1 Å². The number of halogens is 1. The second-order valence-corrected chi connectivity index (χ2v) is 10.5. The third-order valence-corrected chi connectivity index (χ3v) is 6.71. The first kappa shape index (κ1) is 33.3. The monoisotopic (exact) mass is 634 g/mol. The van der Waals surface area contributed by atoms with E-state index in [-0.39, 0.29) is 7.43 Å². The SMILES string of the molecule is C.C#Cc1cccc(-c2ccccc2)c1.Cc1cc(Br)ccn1.Cc1cc(C#Cc2cccc(-c3ccccc3)c2)ccn1. The van der Waals surface area contributed by atoms with Gasteiger partial charge in [-0.1, -0.05) is 126 Å². The molecule has 0 radical (unpaired) electrons. The summed E-state index contributed by atoms with van der Waals surface area (Å²) >= 11 is 3.32. The molecule has 6 aromatic rings. The van der Waals surface area contributed by atoms with Gasteiger partial charge in [0.2, 0.25) is 0 Å². The van der Waals surface area contributed by atoms with Crippen molar-refractivity contribution >= 4 is 15.9 Å². The van der Waals surface area contributed by atoms with Crippen LogP contribution in [0.25, 0.3) is 22.3 Å². The molecule has 0 aliphatic rings. The molecule has 0 amide bonds. The van der Waals surface area contributed by atoms with Gasteiger partial charge in [-0.2, -0.15) is 0 Å².